The number of anilines is 2. The summed E-state index contributed by atoms with van der Waals surface area (Å²) < 4.78 is 5.29. The third kappa shape index (κ3) is 3.47. The Morgan fingerprint density at radius 3 is 2.93 bits per heavy atom. The fourth-order valence-corrected chi connectivity index (χ4v) is 4.81. The molecule has 2 aromatic rings. The zero-order chi connectivity index (χ0) is 19.0. The first-order chi connectivity index (χ1) is 13.0. The van der Waals surface area contributed by atoms with E-state index in [1.165, 1.54) is 26.7 Å². The van der Waals surface area contributed by atoms with Crippen LogP contribution in [-0.4, -0.2) is 30.4 Å². The molecule has 0 radical (unpaired) electrons. The van der Waals surface area contributed by atoms with Gasteiger partial charge in [-0.1, -0.05) is 12.1 Å². The highest BCUT2D eigenvalue weighted by Crippen LogP contribution is 2.32. The predicted molar refractivity (Wildman–Crippen MR) is 103 cm³/mol. The number of thiophene rings is 1. The van der Waals surface area contributed by atoms with Crippen molar-refractivity contribution in [1.29, 1.82) is 0 Å². The van der Waals surface area contributed by atoms with Crippen LogP contribution in [0.4, 0.5) is 11.4 Å². The molecule has 0 saturated heterocycles. The van der Waals surface area contributed by atoms with Gasteiger partial charge in [-0.2, -0.15) is 0 Å². The minimum Gasteiger partial charge on any atom is -0.451 e. The Labute approximate surface area is 161 Å². The van der Waals surface area contributed by atoms with Crippen molar-refractivity contribution < 1.29 is 19.1 Å². The van der Waals surface area contributed by atoms with Gasteiger partial charge in [0.15, 0.2) is 6.61 Å². The fourth-order valence-electron chi connectivity index (χ4n) is 3.67. The number of benzene rings is 1. The highest BCUT2D eigenvalue weighted by atomic mass is 32.1. The second-order valence-electron chi connectivity index (χ2n) is 6.87. The molecule has 6 nitrogen and oxygen atoms in total. The van der Waals surface area contributed by atoms with E-state index in [-0.39, 0.29) is 30.9 Å². The Morgan fingerprint density at radius 2 is 2.11 bits per heavy atom. The molecule has 27 heavy (non-hydrogen) atoms. The third-order valence-corrected chi connectivity index (χ3v) is 6.12. The molecule has 0 spiro atoms. The number of para-hydroxylation sites is 2. The molecule has 0 bridgehead atoms. The van der Waals surface area contributed by atoms with Gasteiger partial charge in [0, 0.05) is 17.3 Å². The number of aryl methyl sites for hydroxylation is 2. The highest BCUT2D eigenvalue weighted by Gasteiger charge is 2.30. The Balaban J connectivity index is 1.48. The molecule has 1 aliphatic heterocycles. The van der Waals surface area contributed by atoms with Crippen molar-refractivity contribution in [1.82, 2.24) is 0 Å². The topological polar surface area (TPSA) is 75.7 Å². The normalized spacial score (nSPS) is 18.3. The maximum atomic E-state index is 12.8. The van der Waals surface area contributed by atoms with Gasteiger partial charge in [0.25, 0.3) is 5.91 Å². The lowest BCUT2D eigenvalue weighted by Gasteiger charge is -2.27. The van der Waals surface area contributed by atoms with Crippen molar-refractivity contribution in [2.24, 2.45) is 0 Å². The Hall–Kier alpha value is -2.67. The predicted octanol–water partition coefficient (Wildman–Crippen LogP) is 3.16. The number of amides is 2. The van der Waals surface area contributed by atoms with Crippen LogP contribution in [0.3, 0.4) is 0 Å². The maximum absolute atomic E-state index is 12.8. The number of carbonyl (C=O) groups is 3. The average Bonchev–Trinajstić information content (AvgIpc) is 3.20. The van der Waals surface area contributed by atoms with Crippen LogP contribution in [0.2, 0.25) is 0 Å². The second kappa shape index (κ2) is 7.15. The standard InChI is InChI=1S/C20H20N2O4S/c1-12-9-18(23)21-14-6-2-3-7-15(14)22(12)19(24)11-26-20(25)17-10-13-5-4-8-16(13)27-17/h2-3,6-7,10,12H,4-5,8-9,11H2,1H3,(H,21,23)/t12-/m0/s1. The molecule has 0 unspecified atom stereocenters. The van der Waals surface area contributed by atoms with Crippen molar-refractivity contribution in [3.63, 3.8) is 0 Å². The molecular formula is C20H20N2O4S. The summed E-state index contributed by atoms with van der Waals surface area (Å²) >= 11 is 1.46. The van der Waals surface area contributed by atoms with Gasteiger partial charge >= 0.3 is 5.97 Å². The Bertz CT molecular complexity index is 899. The fraction of sp³-hybridized carbons (Fsp3) is 0.350. The van der Waals surface area contributed by atoms with Crippen molar-refractivity contribution in [3.8, 4) is 0 Å². The summed E-state index contributed by atoms with van der Waals surface area (Å²) in [6.45, 7) is 1.46. The molecule has 1 aromatic carbocycles. The summed E-state index contributed by atoms with van der Waals surface area (Å²) in [6.07, 6.45) is 3.33. The first-order valence-electron chi connectivity index (χ1n) is 9.02. The molecule has 1 atom stereocenters. The van der Waals surface area contributed by atoms with Gasteiger partial charge in [0.1, 0.15) is 4.88 Å². The maximum Gasteiger partial charge on any atom is 0.348 e. The van der Waals surface area contributed by atoms with E-state index in [2.05, 4.69) is 5.32 Å². The van der Waals surface area contributed by atoms with Gasteiger partial charge in [-0.25, -0.2) is 4.79 Å². The van der Waals surface area contributed by atoms with Crippen LogP contribution in [0, 0.1) is 0 Å². The van der Waals surface area contributed by atoms with Crippen LogP contribution in [-0.2, 0) is 27.2 Å². The van der Waals surface area contributed by atoms with E-state index in [4.69, 9.17) is 4.74 Å². The van der Waals surface area contributed by atoms with Gasteiger partial charge in [-0.05, 0) is 49.9 Å². The highest BCUT2D eigenvalue weighted by molar-refractivity contribution is 7.14. The van der Waals surface area contributed by atoms with Crippen LogP contribution in [0.5, 0.6) is 0 Å². The van der Waals surface area contributed by atoms with Crippen molar-refractivity contribution in [3.05, 3.63) is 45.6 Å². The number of hydrogen-bond donors (Lipinski definition) is 1. The molecule has 7 heteroatoms. The smallest absolute Gasteiger partial charge is 0.348 e. The van der Waals surface area contributed by atoms with Crippen molar-refractivity contribution in [2.75, 3.05) is 16.8 Å². The lowest BCUT2D eigenvalue weighted by molar-refractivity contribution is -0.122. The quantitative estimate of drug-likeness (QED) is 0.825. The van der Waals surface area contributed by atoms with Crippen LogP contribution in [0.1, 0.15) is 39.9 Å². The Kier molecular flexibility index (Phi) is 4.70. The minimum absolute atomic E-state index is 0.143. The van der Waals surface area contributed by atoms with Gasteiger partial charge < -0.3 is 15.0 Å². The lowest BCUT2D eigenvalue weighted by Crippen LogP contribution is -2.41. The lowest BCUT2D eigenvalue weighted by atomic mass is 10.1. The van der Waals surface area contributed by atoms with E-state index >= 15 is 0 Å². The summed E-state index contributed by atoms with van der Waals surface area (Å²) in [5.74, 6) is -0.952. The molecule has 2 aliphatic rings. The number of ether oxygens (including phenoxy) is 1. The first kappa shape index (κ1) is 17.7. The summed E-state index contributed by atoms with van der Waals surface area (Å²) in [5.41, 5.74) is 2.42. The van der Waals surface area contributed by atoms with E-state index in [0.717, 1.165) is 19.3 Å². The Morgan fingerprint density at radius 1 is 1.30 bits per heavy atom. The van der Waals surface area contributed by atoms with Crippen LogP contribution in [0.15, 0.2) is 30.3 Å². The number of rotatable bonds is 3. The number of hydrogen-bond acceptors (Lipinski definition) is 5. The van der Waals surface area contributed by atoms with Gasteiger partial charge in [0.05, 0.1) is 11.4 Å². The van der Waals surface area contributed by atoms with Crippen molar-refractivity contribution >= 4 is 40.5 Å². The zero-order valence-corrected chi connectivity index (χ0v) is 15.8. The molecule has 2 amide bonds. The molecule has 1 aliphatic carbocycles. The van der Waals surface area contributed by atoms with E-state index in [0.29, 0.717) is 16.3 Å². The van der Waals surface area contributed by atoms with E-state index in [9.17, 15) is 14.4 Å². The van der Waals surface area contributed by atoms with Gasteiger partial charge in [0.2, 0.25) is 5.91 Å². The van der Waals surface area contributed by atoms with Gasteiger partial charge in [-0.15, -0.1) is 11.3 Å². The SMILES string of the molecule is C[C@H]1CC(=O)Nc2ccccc2N1C(=O)COC(=O)c1cc2c(s1)CCC2. The number of carbonyl (C=O) groups excluding carboxylic acids is 3. The summed E-state index contributed by atoms with van der Waals surface area (Å²) in [7, 11) is 0. The largest absolute Gasteiger partial charge is 0.451 e. The number of fused-ring (bicyclic) bond motifs is 2. The second-order valence-corrected chi connectivity index (χ2v) is 8.01. The summed E-state index contributed by atoms with van der Waals surface area (Å²) in [5, 5.41) is 2.81. The van der Waals surface area contributed by atoms with Crippen molar-refractivity contribution in [2.45, 2.75) is 38.6 Å². The van der Waals surface area contributed by atoms with Crippen LogP contribution >= 0.6 is 11.3 Å². The van der Waals surface area contributed by atoms with E-state index < -0.39 is 5.97 Å². The summed E-state index contributed by atoms with van der Waals surface area (Å²) in [4.78, 5) is 40.5. The zero-order valence-electron chi connectivity index (χ0n) is 15.0. The molecule has 0 fully saturated rings. The number of nitrogens with one attached hydrogen (secondary N) is 1. The van der Waals surface area contributed by atoms with Crippen LogP contribution < -0.4 is 10.2 Å². The van der Waals surface area contributed by atoms with Gasteiger partial charge in [-0.3, -0.25) is 9.59 Å². The monoisotopic (exact) mass is 384 g/mol. The molecule has 1 aromatic heterocycles. The molecular weight excluding hydrogens is 364 g/mol. The molecule has 0 saturated carbocycles. The van der Waals surface area contributed by atoms with Crippen LogP contribution in [0.25, 0.3) is 0 Å². The molecule has 2 heterocycles. The number of esters is 1. The van der Waals surface area contributed by atoms with E-state index in [1.54, 1.807) is 18.2 Å². The minimum atomic E-state index is -0.465. The molecule has 4 rings (SSSR count). The van der Waals surface area contributed by atoms with E-state index in [1.807, 2.05) is 19.1 Å². The number of nitrogens with zero attached hydrogens (tertiary/aromatic N) is 1. The molecule has 1 N–H and O–H groups in total. The summed E-state index contributed by atoms with van der Waals surface area (Å²) in [6, 6.07) is 8.69. The third-order valence-electron chi connectivity index (χ3n) is 4.90. The average molecular weight is 384 g/mol. The molecule has 140 valence electrons. The first-order valence-corrected chi connectivity index (χ1v) is 9.84.